The van der Waals surface area contributed by atoms with Gasteiger partial charge in [-0.1, -0.05) is 18.6 Å². The summed E-state index contributed by atoms with van der Waals surface area (Å²) in [4.78, 5) is 2.37. The number of halogens is 1. The number of hydrogen-bond acceptors (Lipinski definition) is 2. The fourth-order valence-electron chi connectivity index (χ4n) is 2.40. The van der Waals surface area contributed by atoms with E-state index < -0.39 is 0 Å². The predicted octanol–water partition coefficient (Wildman–Crippen LogP) is 2.14. The molecule has 1 unspecified atom stereocenters. The van der Waals surface area contributed by atoms with E-state index in [1.54, 1.807) is 12.1 Å². The van der Waals surface area contributed by atoms with Crippen LogP contribution in [0.25, 0.3) is 0 Å². The van der Waals surface area contributed by atoms with Crippen molar-refractivity contribution in [3.05, 3.63) is 35.6 Å². The van der Waals surface area contributed by atoms with Crippen LogP contribution in [-0.2, 0) is 6.54 Å². The number of rotatable bonds is 3. The Morgan fingerprint density at radius 1 is 1.38 bits per heavy atom. The Bertz CT molecular complexity index is 340. The second-order valence-electron chi connectivity index (χ2n) is 4.49. The van der Waals surface area contributed by atoms with Crippen LogP contribution in [0, 0.1) is 5.82 Å². The lowest BCUT2D eigenvalue weighted by atomic mass is 10.0. The molecule has 1 aliphatic rings. The van der Waals surface area contributed by atoms with E-state index >= 15 is 0 Å². The molecule has 16 heavy (non-hydrogen) atoms. The fraction of sp³-hybridized carbons (Fsp3) is 0.538. The standard InChI is InChI=1S/C13H19FN2/c14-12-5-3-4-11(8-12)10-16-7-2-1-6-13(16)9-15/h3-5,8,13H,1-2,6-7,9-10,15H2. The minimum atomic E-state index is -0.154. The van der Waals surface area contributed by atoms with E-state index in [2.05, 4.69) is 4.90 Å². The minimum Gasteiger partial charge on any atom is -0.329 e. The van der Waals surface area contributed by atoms with Gasteiger partial charge in [0, 0.05) is 19.1 Å². The van der Waals surface area contributed by atoms with Crippen LogP contribution >= 0.6 is 0 Å². The third kappa shape index (κ3) is 2.80. The highest BCUT2D eigenvalue weighted by molar-refractivity contribution is 5.16. The van der Waals surface area contributed by atoms with Crippen LogP contribution in [-0.4, -0.2) is 24.0 Å². The SMILES string of the molecule is NCC1CCCCN1Cc1cccc(F)c1. The molecule has 0 radical (unpaired) electrons. The van der Waals surface area contributed by atoms with Crippen LogP contribution in [0.15, 0.2) is 24.3 Å². The van der Waals surface area contributed by atoms with Gasteiger partial charge in [0.25, 0.3) is 0 Å². The number of likely N-dealkylation sites (tertiary alicyclic amines) is 1. The Balaban J connectivity index is 2.02. The molecule has 2 nitrogen and oxygen atoms in total. The van der Waals surface area contributed by atoms with Crippen LogP contribution in [0.1, 0.15) is 24.8 Å². The Morgan fingerprint density at radius 2 is 2.25 bits per heavy atom. The summed E-state index contributed by atoms with van der Waals surface area (Å²) in [5, 5.41) is 0. The quantitative estimate of drug-likeness (QED) is 0.849. The average molecular weight is 222 g/mol. The molecule has 0 amide bonds. The number of piperidine rings is 1. The van der Waals surface area contributed by atoms with E-state index in [4.69, 9.17) is 5.73 Å². The molecule has 88 valence electrons. The van der Waals surface area contributed by atoms with Gasteiger partial charge in [-0.25, -0.2) is 4.39 Å². The normalized spacial score (nSPS) is 22.2. The first-order chi connectivity index (χ1) is 7.79. The highest BCUT2D eigenvalue weighted by Gasteiger charge is 2.20. The van der Waals surface area contributed by atoms with Gasteiger partial charge in [-0.2, -0.15) is 0 Å². The van der Waals surface area contributed by atoms with Gasteiger partial charge in [-0.3, -0.25) is 4.90 Å². The molecule has 0 spiro atoms. The maximum Gasteiger partial charge on any atom is 0.123 e. The van der Waals surface area contributed by atoms with Gasteiger partial charge in [-0.15, -0.1) is 0 Å². The first kappa shape index (κ1) is 11.6. The van der Waals surface area contributed by atoms with Crippen molar-refractivity contribution < 1.29 is 4.39 Å². The van der Waals surface area contributed by atoms with E-state index in [-0.39, 0.29) is 5.82 Å². The van der Waals surface area contributed by atoms with E-state index in [1.807, 2.05) is 6.07 Å². The summed E-state index contributed by atoms with van der Waals surface area (Å²) in [5.74, 6) is -0.154. The summed E-state index contributed by atoms with van der Waals surface area (Å²) in [7, 11) is 0. The lowest BCUT2D eigenvalue weighted by Crippen LogP contribution is -2.43. The Labute approximate surface area is 96.2 Å². The average Bonchev–Trinajstić information content (AvgIpc) is 2.30. The molecule has 0 aliphatic carbocycles. The first-order valence-electron chi connectivity index (χ1n) is 5.98. The Hall–Kier alpha value is -0.930. The molecule has 1 atom stereocenters. The number of nitrogens with zero attached hydrogens (tertiary/aromatic N) is 1. The molecule has 1 aromatic rings. The Morgan fingerprint density at radius 3 is 3.00 bits per heavy atom. The van der Waals surface area contributed by atoms with Crippen molar-refractivity contribution in [3.63, 3.8) is 0 Å². The second kappa shape index (κ2) is 5.41. The lowest BCUT2D eigenvalue weighted by molar-refractivity contribution is 0.145. The summed E-state index contributed by atoms with van der Waals surface area (Å²) in [6.45, 7) is 2.60. The first-order valence-corrected chi connectivity index (χ1v) is 5.98. The van der Waals surface area contributed by atoms with E-state index in [9.17, 15) is 4.39 Å². The number of hydrogen-bond donors (Lipinski definition) is 1. The fourth-order valence-corrected chi connectivity index (χ4v) is 2.40. The second-order valence-corrected chi connectivity index (χ2v) is 4.49. The third-order valence-electron chi connectivity index (χ3n) is 3.30. The molecule has 1 aromatic carbocycles. The smallest absolute Gasteiger partial charge is 0.123 e. The van der Waals surface area contributed by atoms with Crippen LogP contribution in [0.4, 0.5) is 4.39 Å². The van der Waals surface area contributed by atoms with Crippen LogP contribution in [0.3, 0.4) is 0 Å². The summed E-state index contributed by atoms with van der Waals surface area (Å²) in [6.07, 6.45) is 3.67. The molecular weight excluding hydrogens is 203 g/mol. The zero-order valence-electron chi connectivity index (χ0n) is 9.53. The zero-order chi connectivity index (χ0) is 11.4. The van der Waals surface area contributed by atoms with Crippen molar-refractivity contribution in [1.29, 1.82) is 0 Å². The monoisotopic (exact) mass is 222 g/mol. The van der Waals surface area contributed by atoms with E-state index in [1.165, 1.54) is 25.3 Å². The van der Waals surface area contributed by atoms with Gasteiger partial charge in [-0.05, 0) is 37.1 Å². The van der Waals surface area contributed by atoms with Crippen molar-refractivity contribution in [2.75, 3.05) is 13.1 Å². The van der Waals surface area contributed by atoms with Crippen molar-refractivity contribution in [1.82, 2.24) is 4.90 Å². The van der Waals surface area contributed by atoms with Gasteiger partial charge < -0.3 is 5.73 Å². The maximum absolute atomic E-state index is 13.1. The summed E-state index contributed by atoms with van der Waals surface area (Å²) in [5.41, 5.74) is 6.80. The Kier molecular flexibility index (Phi) is 3.91. The molecule has 3 heteroatoms. The molecule has 0 saturated carbocycles. The summed E-state index contributed by atoms with van der Waals surface area (Å²) >= 11 is 0. The van der Waals surface area contributed by atoms with Crippen molar-refractivity contribution >= 4 is 0 Å². The van der Waals surface area contributed by atoms with Crippen LogP contribution in [0.5, 0.6) is 0 Å². The van der Waals surface area contributed by atoms with Crippen LogP contribution in [0.2, 0.25) is 0 Å². The molecule has 1 fully saturated rings. The molecule has 0 bridgehead atoms. The molecule has 2 rings (SSSR count). The number of benzene rings is 1. The predicted molar refractivity (Wildman–Crippen MR) is 63.5 cm³/mol. The maximum atomic E-state index is 13.1. The minimum absolute atomic E-state index is 0.154. The van der Waals surface area contributed by atoms with Crippen LogP contribution < -0.4 is 5.73 Å². The molecule has 1 aliphatic heterocycles. The van der Waals surface area contributed by atoms with Gasteiger partial charge in [0.1, 0.15) is 5.82 Å². The van der Waals surface area contributed by atoms with E-state index in [0.29, 0.717) is 12.6 Å². The highest BCUT2D eigenvalue weighted by Crippen LogP contribution is 2.19. The topological polar surface area (TPSA) is 29.3 Å². The van der Waals surface area contributed by atoms with Gasteiger partial charge >= 0.3 is 0 Å². The van der Waals surface area contributed by atoms with Crippen molar-refractivity contribution in [3.8, 4) is 0 Å². The zero-order valence-corrected chi connectivity index (χ0v) is 9.53. The summed E-state index contributed by atoms with van der Waals surface area (Å²) in [6, 6.07) is 7.32. The molecule has 0 aromatic heterocycles. The molecular formula is C13H19FN2. The van der Waals surface area contributed by atoms with Crippen molar-refractivity contribution in [2.24, 2.45) is 5.73 Å². The lowest BCUT2D eigenvalue weighted by Gasteiger charge is -2.35. The van der Waals surface area contributed by atoms with Gasteiger partial charge in [0.05, 0.1) is 0 Å². The van der Waals surface area contributed by atoms with E-state index in [0.717, 1.165) is 18.7 Å². The van der Waals surface area contributed by atoms with Gasteiger partial charge in [0.2, 0.25) is 0 Å². The largest absolute Gasteiger partial charge is 0.329 e. The molecule has 1 saturated heterocycles. The number of nitrogens with two attached hydrogens (primary N) is 1. The highest BCUT2D eigenvalue weighted by atomic mass is 19.1. The van der Waals surface area contributed by atoms with Crippen molar-refractivity contribution in [2.45, 2.75) is 31.8 Å². The molecule has 2 N–H and O–H groups in total. The summed E-state index contributed by atoms with van der Waals surface area (Å²) < 4.78 is 13.1. The third-order valence-corrected chi connectivity index (χ3v) is 3.30. The molecule has 1 heterocycles. The van der Waals surface area contributed by atoms with Gasteiger partial charge in [0.15, 0.2) is 0 Å².